The second kappa shape index (κ2) is 6.95. The van der Waals surface area contributed by atoms with E-state index < -0.39 is 0 Å². The van der Waals surface area contributed by atoms with Crippen molar-refractivity contribution in [1.82, 2.24) is 10.2 Å². The Kier molecular flexibility index (Phi) is 4.54. The zero-order valence-electron chi connectivity index (χ0n) is 13.7. The normalized spacial score (nSPS) is 26.2. The third-order valence-corrected chi connectivity index (χ3v) is 5.39. The molecule has 126 valence electrons. The summed E-state index contributed by atoms with van der Waals surface area (Å²) in [6.45, 7) is 0.932. The number of anilines is 1. The van der Waals surface area contributed by atoms with Gasteiger partial charge in [0.15, 0.2) is 5.11 Å². The average molecular weight is 341 g/mol. The number of para-hydroxylation sites is 1. The molecule has 2 aliphatic rings. The van der Waals surface area contributed by atoms with Crippen LogP contribution in [0, 0.1) is 0 Å². The summed E-state index contributed by atoms with van der Waals surface area (Å²) in [6.07, 6.45) is 6.62. The number of hydrogen-bond donors (Lipinski definition) is 2. The van der Waals surface area contributed by atoms with Crippen LogP contribution in [0.4, 0.5) is 5.69 Å². The number of hydrogen-bond acceptors (Lipinski definition) is 3. The van der Waals surface area contributed by atoms with Crippen molar-refractivity contribution in [2.45, 2.75) is 50.4 Å². The van der Waals surface area contributed by atoms with Crippen molar-refractivity contribution in [2.75, 3.05) is 5.32 Å². The molecule has 5 heteroatoms. The molecule has 1 aromatic carbocycles. The van der Waals surface area contributed by atoms with E-state index in [0.29, 0.717) is 18.1 Å². The molecule has 2 saturated heterocycles. The Morgan fingerprint density at radius 1 is 1.08 bits per heavy atom. The Morgan fingerprint density at radius 2 is 1.83 bits per heavy atom. The van der Waals surface area contributed by atoms with E-state index >= 15 is 0 Å². The summed E-state index contributed by atoms with van der Waals surface area (Å²) in [4.78, 5) is 2.62. The minimum atomic E-state index is 0.457. The molecule has 2 N–H and O–H groups in total. The number of thiocarbonyl (C=S) groups is 1. The van der Waals surface area contributed by atoms with Crippen LogP contribution in [0.15, 0.2) is 53.1 Å². The first-order valence-electron chi connectivity index (χ1n) is 8.68. The highest BCUT2D eigenvalue weighted by atomic mass is 32.1. The largest absolute Gasteiger partial charge is 0.468 e. The maximum Gasteiger partial charge on any atom is 0.170 e. The number of benzene rings is 1. The molecule has 2 aliphatic heterocycles. The fourth-order valence-corrected chi connectivity index (χ4v) is 4.39. The maximum absolute atomic E-state index is 5.53. The van der Waals surface area contributed by atoms with E-state index in [-0.39, 0.29) is 0 Å². The monoisotopic (exact) mass is 341 g/mol. The van der Waals surface area contributed by atoms with Gasteiger partial charge in [0, 0.05) is 23.8 Å². The van der Waals surface area contributed by atoms with Crippen LogP contribution in [0.2, 0.25) is 0 Å². The minimum Gasteiger partial charge on any atom is -0.468 e. The third kappa shape index (κ3) is 3.47. The van der Waals surface area contributed by atoms with Gasteiger partial charge in [-0.15, -0.1) is 0 Å². The molecule has 24 heavy (non-hydrogen) atoms. The van der Waals surface area contributed by atoms with Crippen molar-refractivity contribution >= 4 is 23.0 Å². The summed E-state index contributed by atoms with van der Waals surface area (Å²) in [5, 5.41) is 7.52. The molecule has 4 nitrogen and oxygen atoms in total. The lowest BCUT2D eigenvalue weighted by Gasteiger charge is -2.39. The first-order chi connectivity index (χ1) is 11.8. The van der Waals surface area contributed by atoms with E-state index in [4.69, 9.17) is 16.6 Å². The van der Waals surface area contributed by atoms with E-state index in [1.54, 1.807) is 6.26 Å². The molecule has 2 bridgehead atoms. The number of nitrogens with zero attached hydrogens (tertiary/aromatic N) is 1. The van der Waals surface area contributed by atoms with Gasteiger partial charge in [0.1, 0.15) is 5.76 Å². The van der Waals surface area contributed by atoms with Gasteiger partial charge in [-0.2, -0.15) is 0 Å². The van der Waals surface area contributed by atoms with Crippen molar-refractivity contribution < 1.29 is 4.42 Å². The Hall–Kier alpha value is -1.85. The predicted molar refractivity (Wildman–Crippen MR) is 99.9 cm³/mol. The van der Waals surface area contributed by atoms with Crippen LogP contribution >= 0.6 is 12.2 Å². The Balaban J connectivity index is 1.32. The number of nitrogens with one attached hydrogen (secondary N) is 2. The third-order valence-electron chi connectivity index (χ3n) is 5.17. The number of rotatable bonds is 4. The second-order valence-electron chi connectivity index (χ2n) is 6.77. The highest BCUT2D eigenvalue weighted by Crippen LogP contribution is 2.36. The van der Waals surface area contributed by atoms with Gasteiger partial charge in [-0.05, 0) is 62.2 Å². The van der Waals surface area contributed by atoms with Gasteiger partial charge in [0.05, 0.1) is 12.8 Å². The Labute approximate surface area is 148 Å². The van der Waals surface area contributed by atoms with Crippen molar-refractivity contribution in [3.05, 3.63) is 54.5 Å². The molecule has 0 saturated carbocycles. The van der Waals surface area contributed by atoms with Crippen LogP contribution in [-0.4, -0.2) is 28.1 Å². The predicted octanol–water partition coefficient (Wildman–Crippen LogP) is 3.76. The molecule has 2 atom stereocenters. The number of furan rings is 1. The van der Waals surface area contributed by atoms with E-state index in [0.717, 1.165) is 35.9 Å². The molecule has 2 aromatic rings. The highest BCUT2D eigenvalue weighted by Gasteiger charge is 2.41. The lowest BCUT2D eigenvalue weighted by Crippen LogP contribution is -2.50. The van der Waals surface area contributed by atoms with Crippen LogP contribution in [0.25, 0.3) is 0 Å². The number of piperidine rings is 1. The van der Waals surface area contributed by atoms with Crippen molar-refractivity contribution in [1.29, 1.82) is 0 Å². The van der Waals surface area contributed by atoms with E-state index in [9.17, 15) is 0 Å². The van der Waals surface area contributed by atoms with Gasteiger partial charge in [-0.1, -0.05) is 18.2 Å². The van der Waals surface area contributed by atoms with Crippen molar-refractivity contribution in [3.8, 4) is 0 Å². The lowest BCUT2D eigenvalue weighted by atomic mass is 9.97. The highest BCUT2D eigenvalue weighted by molar-refractivity contribution is 7.80. The molecule has 0 radical (unpaired) electrons. The van der Waals surface area contributed by atoms with Gasteiger partial charge in [0.25, 0.3) is 0 Å². The summed E-state index contributed by atoms with van der Waals surface area (Å²) in [6, 6.07) is 15.9. The van der Waals surface area contributed by atoms with Gasteiger partial charge in [-0.3, -0.25) is 4.90 Å². The summed E-state index contributed by atoms with van der Waals surface area (Å²) >= 11 is 5.49. The molecule has 1 aromatic heterocycles. The van der Waals surface area contributed by atoms with Crippen LogP contribution in [0.1, 0.15) is 31.4 Å². The Morgan fingerprint density at radius 3 is 2.50 bits per heavy atom. The zero-order valence-corrected chi connectivity index (χ0v) is 14.5. The molecule has 0 aliphatic carbocycles. The van der Waals surface area contributed by atoms with E-state index in [1.807, 2.05) is 36.4 Å². The summed E-state index contributed by atoms with van der Waals surface area (Å²) in [7, 11) is 0. The first kappa shape index (κ1) is 15.7. The van der Waals surface area contributed by atoms with Gasteiger partial charge < -0.3 is 15.1 Å². The molecule has 3 heterocycles. The van der Waals surface area contributed by atoms with Crippen molar-refractivity contribution in [2.24, 2.45) is 0 Å². The standard InChI is InChI=1S/C19H23N3OS/c24-19(20-14-5-2-1-3-6-14)21-15-11-16-8-9-17(12-15)22(16)13-18-7-4-10-23-18/h1-7,10,15-17H,8-9,11-13H2,(H2,20,21,24)/t16-,17-/m1/s1. The molecule has 2 fully saturated rings. The average Bonchev–Trinajstić information content (AvgIpc) is 3.16. The SMILES string of the molecule is S=C(Nc1ccccc1)NC1C[C@H]2CC[C@H](C1)N2Cc1ccco1. The van der Waals surface area contributed by atoms with Crippen LogP contribution < -0.4 is 10.6 Å². The van der Waals surface area contributed by atoms with Crippen LogP contribution in [-0.2, 0) is 6.54 Å². The molecular weight excluding hydrogens is 318 g/mol. The smallest absolute Gasteiger partial charge is 0.170 e. The Bertz CT molecular complexity index is 659. The van der Waals surface area contributed by atoms with Crippen LogP contribution in [0.5, 0.6) is 0 Å². The van der Waals surface area contributed by atoms with Gasteiger partial charge in [0.2, 0.25) is 0 Å². The molecular formula is C19H23N3OS. The van der Waals surface area contributed by atoms with Gasteiger partial charge >= 0.3 is 0 Å². The summed E-state index contributed by atoms with van der Waals surface area (Å²) in [5.74, 6) is 1.07. The van der Waals surface area contributed by atoms with E-state index in [1.165, 1.54) is 12.8 Å². The topological polar surface area (TPSA) is 40.4 Å². The summed E-state index contributed by atoms with van der Waals surface area (Å²) in [5.41, 5.74) is 1.04. The maximum atomic E-state index is 5.53. The number of fused-ring (bicyclic) bond motifs is 2. The van der Waals surface area contributed by atoms with Gasteiger partial charge in [-0.25, -0.2) is 0 Å². The molecule has 0 spiro atoms. The lowest BCUT2D eigenvalue weighted by molar-refractivity contribution is 0.106. The molecule has 4 rings (SSSR count). The zero-order chi connectivity index (χ0) is 16.4. The quantitative estimate of drug-likeness (QED) is 0.829. The first-order valence-corrected chi connectivity index (χ1v) is 9.09. The van der Waals surface area contributed by atoms with Crippen LogP contribution in [0.3, 0.4) is 0 Å². The second-order valence-corrected chi connectivity index (χ2v) is 7.18. The minimum absolute atomic E-state index is 0.457. The van der Waals surface area contributed by atoms with E-state index in [2.05, 4.69) is 21.6 Å². The summed E-state index contributed by atoms with van der Waals surface area (Å²) < 4.78 is 5.53. The molecule has 0 unspecified atom stereocenters. The van der Waals surface area contributed by atoms with Crippen molar-refractivity contribution in [3.63, 3.8) is 0 Å². The molecule has 0 amide bonds. The fourth-order valence-electron chi connectivity index (χ4n) is 4.11. The fraction of sp³-hybridized carbons (Fsp3) is 0.421.